The molecule has 0 spiro atoms. The second-order valence-corrected chi connectivity index (χ2v) is 10.3. The molecule has 0 unspecified atom stereocenters. The molecule has 1 aliphatic carbocycles. The molecule has 5 rings (SSSR count). The molecule has 2 heterocycles. The van der Waals surface area contributed by atoms with E-state index in [1.807, 2.05) is 29.8 Å². The molecule has 1 saturated carbocycles. The maximum atomic E-state index is 14.0. The van der Waals surface area contributed by atoms with Gasteiger partial charge in [-0.25, -0.2) is 4.98 Å². The number of oxazole rings is 1. The fourth-order valence-electron chi connectivity index (χ4n) is 5.34. The lowest BCUT2D eigenvalue weighted by molar-refractivity contribution is -0.137. The number of amides is 1. The number of halogens is 3. The molecule has 8 nitrogen and oxygen atoms in total. The molecular formula is C27H31F3N6O2. The number of alkyl halides is 3. The first-order valence-corrected chi connectivity index (χ1v) is 12.3. The van der Waals surface area contributed by atoms with Crippen LogP contribution in [0.5, 0.6) is 0 Å². The second-order valence-electron chi connectivity index (χ2n) is 10.3. The molecule has 11 heteroatoms. The summed E-state index contributed by atoms with van der Waals surface area (Å²) >= 11 is 0. The second kappa shape index (κ2) is 9.54. The summed E-state index contributed by atoms with van der Waals surface area (Å²) in [5.41, 5.74) is 0.510. The average molecular weight is 529 g/mol. The van der Waals surface area contributed by atoms with Crippen LogP contribution in [-0.2, 0) is 30.0 Å². The Morgan fingerprint density at radius 1 is 1.26 bits per heavy atom. The fourth-order valence-corrected chi connectivity index (χ4v) is 5.34. The van der Waals surface area contributed by atoms with Gasteiger partial charge in [-0.2, -0.15) is 13.2 Å². The third-order valence-corrected chi connectivity index (χ3v) is 7.15. The van der Waals surface area contributed by atoms with Crippen LogP contribution in [-0.4, -0.2) is 51.2 Å². The van der Waals surface area contributed by atoms with Gasteiger partial charge in [-0.1, -0.05) is 19.1 Å². The van der Waals surface area contributed by atoms with E-state index in [1.54, 1.807) is 32.6 Å². The maximum absolute atomic E-state index is 14.0. The Balaban J connectivity index is 0.00000353. The molecule has 2 aromatic carbocycles. The molecular weight excluding hydrogens is 497 g/mol. The van der Waals surface area contributed by atoms with Gasteiger partial charge in [0.15, 0.2) is 5.58 Å². The number of carbonyl (C=O) groups excluding carboxylic acids is 1. The summed E-state index contributed by atoms with van der Waals surface area (Å²) in [5, 5.41) is 11.3. The zero-order valence-corrected chi connectivity index (χ0v) is 21.6. The Morgan fingerprint density at radius 2 is 2.03 bits per heavy atom. The van der Waals surface area contributed by atoms with Crippen LogP contribution in [0, 0.1) is 5.92 Å². The molecule has 38 heavy (non-hydrogen) atoms. The molecule has 4 aromatic rings. The van der Waals surface area contributed by atoms with E-state index in [-0.39, 0.29) is 42.8 Å². The van der Waals surface area contributed by atoms with E-state index in [0.717, 1.165) is 30.3 Å². The SMILES string of the molecule is CC1CC(c2cccc(-c3nc4cc(CNCC(=O)N(C)C)cc(C(F)(F)F)c4o3)c2)(c2nncn2C)C1.[HH]. The van der Waals surface area contributed by atoms with Gasteiger partial charge >= 0.3 is 6.18 Å². The molecule has 1 amide bonds. The highest BCUT2D eigenvalue weighted by Gasteiger charge is 2.48. The molecule has 1 fully saturated rings. The molecule has 0 bridgehead atoms. The number of aromatic nitrogens is 4. The van der Waals surface area contributed by atoms with E-state index < -0.39 is 11.7 Å². The van der Waals surface area contributed by atoms with Gasteiger partial charge in [0.2, 0.25) is 11.8 Å². The van der Waals surface area contributed by atoms with E-state index >= 15 is 0 Å². The number of fused-ring (bicyclic) bond motifs is 1. The first kappa shape index (κ1) is 25.9. The van der Waals surface area contributed by atoms with Crippen molar-refractivity contribution in [3.63, 3.8) is 0 Å². The van der Waals surface area contributed by atoms with Crippen molar-refractivity contribution in [1.29, 1.82) is 0 Å². The van der Waals surface area contributed by atoms with Crippen molar-refractivity contribution in [1.82, 2.24) is 30.0 Å². The van der Waals surface area contributed by atoms with Gasteiger partial charge in [-0.05, 0) is 54.2 Å². The highest BCUT2D eigenvalue weighted by molar-refractivity contribution is 5.81. The van der Waals surface area contributed by atoms with Crippen LogP contribution >= 0.6 is 0 Å². The van der Waals surface area contributed by atoms with Crippen LogP contribution in [0.4, 0.5) is 13.2 Å². The topological polar surface area (TPSA) is 89.1 Å². The number of hydrogen-bond acceptors (Lipinski definition) is 6. The predicted octanol–water partition coefficient (Wildman–Crippen LogP) is 4.78. The number of nitrogens with zero attached hydrogens (tertiary/aromatic N) is 5. The highest BCUT2D eigenvalue weighted by Crippen LogP contribution is 2.52. The molecule has 0 saturated heterocycles. The molecule has 1 N–H and O–H groups in total. The lowest BCUT2D eigenvalue weighted by Crippen LogP contribution is -2.43. The monoisotopic (exact) mass is 528 g/mol. The number of aryl methyl sites for hydroxylation is 1. The number of likely N-dealkylation sites (N-methyl/N-ethyl adjacent to an activating group) is 1. The van der Waals surface area contributed by atoms with Gasteiger partial charge in [-0.15, -0.1) is 10.2 Å². The number of carbonyl (C=O) groups is 1. The average Bonchev–Trinajstić information content (AvgIpc) is 3.47. The van der Waals surface area contributed by atoms with Crippen molar-refractivity contribution in [3.05, 3.63) is 65.2 Å². The Labute approximate surface area is 219 Å². The van der Waals surface area contributed by atoms with Gasteiger partial charge in [-0.3, -0.25) is 4.79 Å². The van der Waals surface area contributed by atoms with Gasteiger partial charge in [0.05, 0.1) is 12.0 Å². The zero-order valence-electron chi connectivity index (χ0n) is 21.6. The third kappa shape index (κ3) is 4.66. The lowest BCUT2D eigenvalue weighted by Gasteiger charge is -2.46. The van der Waals surface area contributed by atoms with E-state index in [1.165, 1.54) is 4.90 Å². The summed E-state index contributed by atoms with van der Waals surface area (Å²) in [6, 6.07) is 10.2. The van der Waals surface area contributed by atoms with Crippen molar-refractivity contribution < 1.29 is 23.8 Å². The number of nitrogens with one attached hydrogen (secondary N) is 1. The zero-order chi connectivity index (χ0) is 27.2. The van der Waals surface area contributed by atoms with Crippen LogP contribution in [0.15, 0.2) is 47.1 Å². The summed E-state index contributed by atoms with van der Waals surface area (Å²) in [5.74, 6) is 1.30. The maximum Gasteiger partial charge on any atom is 0.420 e. The van der Waals surface area contributed by atoms with Crippen LogP contribution in [0.25, 0.3) is 22.6 Å². The van der Waals surface area contributed by atoms with Gasteiger partial charge < -0.3 is 19.2 Å². The first-order valence-electron chi connectivity index (χ1n) is 12.3. The van der Waals surface area contributed by atoms with Crippen LogP contribution in [0.3, 0.4) is 0 Å². The van der Waals surface area contributed by atoms with Crippen LogP contribution in [0.2, 0.25) is 0 Å². The normalized spacial score (nSPS) is 19.5. The van der Waals surface area contributed by atoms with E-state index in [9.17, 15) is 18.0 Å². The van der Waals surface area contributed by atoms with Gasteiger partial charge in [0.25, 0.3) is 0 Å². The summed E-state index contributed by atoms with van der Waals surface area (Å²) < 4.78 is 49.6. The minimum atomic E-state index is -4.64. The summed E-state index contributed by atoms with van der Waals surface area (Å²) in [7, 11) is 5.14. The van der Waals surface area contributed by atoms with Crippen molar-refractivity contribution in [2.45, 2.75) is 37.9 Å². The summed E-state index contributed by atoms with van der Waals surface area (Å²) in [6.07, 6.45) is -1.18. The first-order chi connectivity index (χ1) is 18.0. The lowest BCUT2D eigenvalue weighted by atomic mass is 9.58. The molecule has 0 radical (unpaired) electrons. The van der Waals surface area contributed by atoms with E-state index in [0.29, 0.717) is 17.0 Å². The predicted molar refractivity (Wildman–Crippen MR) is 137 cm³/mol. The molecule has 0 atom stereocenters. The van der Waals surface area contributed by atoms with Crippen molar-refractivity contribution in [3.8, 4) is 11.5 Å². The van der Waals surface area contributed by atoms with Crippen molar-refractivity contribution in [2.75, 3.05) is 20.6 Å². The largest absolute Gasteiger partial charge is 0.435 e. The third-order valence-electron chi connectivity index (χ3n) is 7.15. The Morgan fingerprint density at radius 3 is 2.66 bits per heavy atom. The van der Waals surface area contributed by atoms with Crippen molar-refractivity contribution >= 4 is 17.0 Å². The van der Waals surface area contributed by atoms with Gasteiger partial charge in [0, 0.05) is 34.7 Å². The summed E-state index contributed by atoms with van der Waals surface area (Å²) in [4.78, 5) is 17.7. The van der Waals surface area contributed by atoms with Crippen LogP contribution in [0.1, 0.15) is 43.7 Å². The molecule has 0 aliphatic heterocycles. The smallest absolute Gasteiger partial charge is 0.420 e. The van der Waals surface area contributed by atoms with E-state index in [2.05, 4.69) is 27.4 Å². The number of rotatable bonds is 7. The quantitative estimate of drug-likeness (QED) is 0.371. The molecule has 2 aromatic heterocycles. The Hall–Kier alpha value is -3.73. The van der Waals surface area contributed by atoms with E-state index in [4.69, 9.17) is 4.42 Å². The van der Waals surface area contributed by atoms with Gasteiger partial charge in [0.1, 0.15) is 23.2 Å². The number of hydrogen-bond donors (Lipinski definition) is 1. The molecule has 1 aliphatic rings. The minimum absolute atomic E-state index is 0. The Bertz CT molecular complexity index is 1490. The highest BCUT2D eigenvalue weighted by atomic mass is 19.4. The van der Waals surface area contributed by atoms with Crippen LogP contribution < -0.4 is 5.32 Å². The number of benzene rings is 2. The summed E-state index contributed by atoms with van der Waals surface area (Å²) in [6.45, 7) is 2.27. The Kier molecular flexibility index (Phi) is 6.50. The molecule has 202 valence electrons. The van der Waals surface area contributed by atoms with Crippen molar-refractivity contribution in [2.24, 2.45) is 13.0 Å². The minimum Gasteiger partial charge on any atom is -0.435 e. The fraction of sp³-hybridized carbons (Fsp3) is 0.407. The standard InChI is InChI=1S/C27H29F3N6O2.H2/c1-16-11-26(12-16,25-34-32-15-36(25)4)19-7-5-6-18(10-19)24-33-21-9-17(13-31-14-22(37)35(2)3)8-20(23(21)38-24)27(28,29)30;/h5-10,15-16,31H,11-14H2,1-4H3;1H.